The topological polar surface area (TPSA) is 90.7 Å². The second-order valence-electron chi connectivity index (χ2n) is 6.46. The lowest BCUT2D eigenvalue weighted by Gasteiger charge is -2.14. The number of halogens is 2. The van der Waals surface area contributed by atoms with Gasteiger partial charge in [0.25, 0.3) is 5.56 Å². The van der Waals surface area contributed by atoms with Crippen LogP contribution < -0.4 is 10.3 Å². The van der Waals surface area contributed by atoms with Crippen LogP contribution in [-0.2, 0) is 11.3 Å². The summed E-state index contributed by atoms with van der Waals surface area (Å²) in [5, 5.41) is 15.3. The second-order valence-corrected chi connectivity index (χ2v) is 6.86. The Kier molecular flexibility index (Phi) is 6.91. The van der Waals surface area contributed by atoms with E-state index in [1.165, 1.54) is 12.1 Å². The number of rotatable bonds is 7. The highest BCUT2D eigenvalue weighted by Crippen LogP contribution is 2.32. The molecule has 3 aromatic rings. The van der Waals surface area contributed by atoms with Crippen molar-refractivity contribution in [2.24, 2.45) is 0 Å². The van der Waals surface area contributed by atoms with Gasteiger partial charge in [-0.05, 0) is 37.6 Å². The van der Waals surface area contributed by atoms with Crippen LogP contribution in [0.3, 0.4) is 0 Å². The number of aromatic nitrogens is 2. The van der Waals surface area contributed by atoms with E-state index in [0.29, 0.717) is 17.2 Å². The van der Waals surface area contributed by atoms with E-state index >= 15 is 0 Å². The van der Waals surface area contributed by atoms with Crippen molar-refractivity contribution in [2.75, 3.05) is 13.2 Å². The van der Waals surface area contributed by atoms with E-state index in [4.69, 9.17) is 21.1 Å². The van der Waals surface area contributed by atoms with Crippen molar-refractivity contribution in [1.82, 2.24) is 9.78 Å². The van der Waals surface area contributed by atoms with E-state index in [0.717, 1.165) is 10.7 Å². The molecule has 0 amide bonds. The molecule has 0 aliphatic carbocycles. The number of aromatic hydroxyl groups is 1. The Morgan fingerprint density at radius 3 is 2.61 bits per heavy atom. The Morgan fingerprint density at radius 1 is 1.19 bits per heavy atom. The number of hydrogen-bond acceptors (Lipinski definition) is 6. The lowest BCUT2D eigenvalue weighted by atomic mass is 10.1. The molecule has 0 spiro atoms. The van der Waals surface area contributed by atoms with Crippen molar-refractivity contribution in [2.45, 2.75) is 20.4 Å². The molecule has 3 rings (SSSR count). The van der Waals surface area contributed by atoms with Gasteiger partial charge in [0.05, 0.1) is 19.8 Å². The highest BCUT2D eigenvalue weighted by atomic mass is 35.5. The Labute approximate surface area is 182 Å². The minimum atomic E-state index is -1.01. The summed E-state index contributed by atoms with van der Waals surface area (Å²) in [4.78, 5) is 25.4. The third-order valence-corrected chi connectivity index (χ3v) is 4.71. The molecule has 0 radical (unpaired) electrons. The Hall–Kier alpha value is -3.39. The van der Waals surface area contributed by atoms with Gasteiger partial charge in [-0.2, -0.15) is 5.10 Å². The van der Waals surface area contributed by atoms with Crippen LogP contribution in [-0.4, -0.2) is 34.1 Å². The minimum Gasteiger partial charge on any atom is -0.505 e. The largest absolute Gasteiger partial charge is 0.505 e. The number of ether oxygens (including phenoxy) is 2. The summed E-state index contributed by atoms with van der Waals surface area (Å²) in [5.74, 6) is -2.14. The lowest BCUT2D eigenvalue weighted by molar-refractivity contribution is 0.0519. The number of esters is 1. The van der Waals surface area contributed by atoms with Gasteiger partial charge in [0.15, 0.2) is 11.3 Å². The molecule has 0 atom stereocenters. The molecule has 0 unspecified atom stereocenters. The van der Waals surface area contributed by atoms with E-state index in [2.05, 4.69) is 5.10 Å². The van der Waals surface area contributed by atoms with Crippen molar-refractivity contribution in [3.8, 4) is 22.8 Å². The number of benzene rings is 2. The summed E-state index contributed by atoms with van der Waals surface area (Å²) in [7, 11) is 0. The molecule has 0 saturated heterocycles. The first-order chi connectivity index (χ1) is 14.8. The molecule has 1 N–H and O–H groups in total. The van der Waals surface area contributed by atoms with E-state index < -0.39 is 28.7 Å². The molecule has 1 heterocycles. The van der Waals surface area contributed by atoms with Gasteiger partial charge in [0.2, 0.25) is 0 Å². The number of nitrogens with zero attached hydrogens (tertiary/aromatic N) is 2. The van der Waals surface area contributed by atoms with Crippen molar-refractivity contribution in [3.63, 3.8) is 0 Å². The maximum absolute atomic E-state index is 14.2. The van der Waals surface area contributed by atoms with Crippen molar-refractivity contribution < 1.29 is 23.8 Å². The quantitative estimate of drug-likeness (QED) is 0.551. The van der Waals surface area contributed by atoms with Crippen LogP contribution in [0.15, 0.2) is 47.3 Å². The molecule has 9 heteroatoms. The van der Waals surface area contributed by atoms with Gasteiger partial charge >= 0.3 is 5.97 Å². The maximum atomic E-state index is 14.2. The SMILES string of the molecule is CCOC(=O)c1c(O)c(-c2cc(F)cc(OCC)c2)nn(Cc2ccccc2Cl)c1=O. The summed E-state index contributed by atoms with van der Waals surface area (Å²) in [6.07, 6.45) is 0. The predicted molar refractivity (Wildman–Crippen MR) is 113 cm³/mol. The third-order valence-electron chi connectivity index (χ3n) is 4.34. The highest BCUT2D eigenvalue weighted by Gasteiger charge is 2.25. The summed E-state index contributed by atoms with van der Waals surface area (Å²) in [6.45, 7) is 3.52. The van der Waals surface area contributed by atoms with Gasteiger partial charge in [-0.15, -0.1) is 0 Å². The van der Waals surface area contributed by atoms with Gasteiger partial charge in [-0.1, -0.05) is 29.8 Å². The van der Waals surface area contributed by atoms with Crippen LogP contribution in [0.1, 0.15) is 29.8 Å². The van der Waals surface area contributed by atoms with Gasteiger partial charge < -0.3 is 14.6 Å². The van der Waals surface area contributed by atoms with Crippen LogP contribution in [0.5, 0.6) is 11.5 Å². The van der Waals surface area contributed by atoms with Crippen molar-refractivity contribution >= 4 is 17.6 Å². The number of carbonyl (C=O) groups is 1. The first-order valence-corrected chi connectivity index (χ1v) is 9.91. The van der Waals surface area contributed by atoms with Crippen LogP contribution in [0, 0.1) is 5.82 Å². The standard InChI is InChI=1S/C22H20ClFN2O5/c1-3-30-16-10-14(9-15(24)11-16)19-20(27)18(22(29)31-4-2)21(28)26(25-19)12-13-7-5-6-8-17(13)23/h5-11,27H,3-4,12H2,1-2H3. The molecular weight excluding hydrogens is 427 g/mol. The molecule has 0 fully saturated rings. The minimum absolute atomic E-state index is 0.00562. The molecule has 0 aliphatic rings. The van der Waals surface area contributed by atoms with E-state index in [-0.39, 0.29) is 30.2 Å². The Bertz CT molecular complexity index is 1180. The second kappa shape index (κ2) is 9.61. The third kappa shape index (κ3) is 4.86. The van der Waals surface area contributed by atoms with E-state index in [9.17, 15) is 19.1 Å². The smallest absolute Gasteiger partial charge is 0.347 e. The first-order valence-electron chi connectivity index (χ1n) is 9.54. The predicted octanol–water partition coefficient (Wildman–Crippen LogP) is 4.03. The van der Waals surface area contributed by atoms with Gasteiger partial charge in [-0.25, -0.2) is 13.9 Å². The number of carbonyl (C=O) groups excluding carboxylic acids is 1. The molecule has 0 aliphatic heterocycles. The average molecular weight is 447 g/mol. The zero-order valence-corrected chi connectivity index (χ0v) is 17.6. The molecule has 1 aromatic heterocycles. The van der Waals surface area contributed by atoms with Crippen LogP contribution >= 0.6 is 11.6 Å². The molecule has 0 bridgehead atoms. The van der Waals surface area contributed by atoms with Gasteiger partial charge in [-0.3, -0.25) is 4.79 Å². The maximum Gasteiger partial charge on any atom is 0.347 e. The molecule has 162 valence electrons. The zero-order chi connectivity index (χ0) is 22.5. The van der Waals surface area contributed by atoms with Crippen LogP contribution in [0.2, 0.25) is 5.02 Å². The summed E-state index contributed by atoms with van der Waals surface area (Å²) < 4.78 is 25.4. The Morgan fingerprint density at radius 2 is 1.94 bits per heavy atom. The van der Waals surface area contributed by atoms with Crippen molar-refractivity contribution in [3.05, 3.63) is 74.8 Å². The highest BCUT2D eigenvalue weighted by molar-refractivity contribution is 6.31. The van der Waals surface area contributed by atoms with Crippen LogP contribution in [0.25, 0.3) is 11.3 Å². The zero-order valence-electron chi connectivity index (χ0n) is 16.9. The molecular formula is C22H20ClFN2O5. The lowest BCUT2D eigenvalue weighted by Crippen LogP contribution is -2.30. The van der Waals surface area contributed by atoms with E-state index in [1.807, 2.05) is 0 Å². The average Bonchev–Trinajstić information content (AvgIpc) is 2.71. The fourth-order valence-corrected chi connectivity index (χ4v) is 3.18. The number of hydrogen-bond donors (Lipinski definition) is 1. The van der Waals surface area contributed by atoms with Crippen molar-refractivity contribution in [1.29, 1.82) is 0 Å². The van der Waals surface area contributed by atoms with Gasteiger partial charge in [0, 0.05) is 16.7 Å². The summed E-state index contributed by atoms with van der Waals surface area (Å²) >= 11 is 6.19. The van der Waals surface area contributed by atoms with Gasteiger partial charge in [0.1, 0.15) is 17.3 Å². The first kappa shape index (κ1) is 22.3. The molecule has 0 saturated carbocycles. The molecule has 7 nitrogen and oxygen atoms in total. The Balaban J connectivity index is 2.24. The molecule has 31 heavy (non-hydrogen) atoms. The summed E-state index contributed by atoms with van der Waals surface area (Å²) in [5.41, 5.74) is -0.934. The normalized spacial score (nSPS) is 10.7. The fourth-order valence-electron chi connectivity index (χ4n) is 2.99. The van der Waals surface area contributed by atoms with E-state index in [1.54, 1.807) is 38.1 Å². The molecule has 2 aromatic carbocycles. The monoisotopic (exact) mass is 446 g/mol. The summed E-state index contributed by atoms with van der Waals surface area (Å²) in [6, 6.07) is 10.6. The fraction of sp³-hybridized carbons (Fsp3) is 0.227. The van der Waals surface area contributed by atoms with Crippen LogP contribution in [0.4, 0.5) is 4.39 Å².